The number of anilines is 3. The summed E-state index contributed by atoms with van der Waals surface area (Å²) in [6, 6.07) is 3.79. The number of nitrogens with zero attached hydrogens (tertiary/aromatic N) is 4. The van der Waals surface area contributed by atoms with Crippen LogP contribution >= 0.6 is 0 Å². The Morgan fingerprint density at radius 2 is 1.57 bits per heavy atom. The zero-order valence-electron chi connectivity index (χ0n) is 47.9. The average molecular weight is 1160 g/mol. The number of carboxylic acids is 1. The molecule has 23 heteroatoms. The van der Waals surface area contributed by atoms with E-state index in [4.69, 9.17) is 33.1 Å². The first-order valence-electron chi connectivity index (χ1n) is 27.6. The summed E-state index contributed by atoms with van der Waals surface area (Å²) in [4.78, 5) is 90.1. The minimum absolute atomic E-state index is 0.00638. The largest absolute Gasteiger partial charge is 0.507 e. The number of esters is 1. The monoisotopic (exact) mass is 1160 g/mol. The van der Waals surface area contributed by atoms with E-state index in [0.29, 0.717) is 5.69 Å². The quantitative estimate of drug-likeness (QED) is 0.0574. The maximum atomic E-state index is 16.3. The number of aliphatic hydroxyl groups is 3. The number of phenolic OH excluding ortho intramolecular Hbond substituents is 1. The Morgan fingerprint density at radius 1 is 0.881 bits per heavy atom. The summed E-state index contributed by atoms with van der Waals surface area (Å²) in [7, 11) is 2.77. The van der Waals surface area contributed by atoms with Crippen LogP contribution in [0.1, 0.15) is 83.3 Å². The van der Waals surface area contributed by atoms with E-state index in [1.54, 1.807) is 43.2 Å². The first-order chi connectivity index (χ1) is 39.8. The Hall–Kier alpha value is -8.54. The summed E-state index contributed by atoms with van der Waals surface area (Å²) in [6.07, 6.45) is 5.90. The smallest absolute Gasteiger partial charge is 0.341 e. The van der Waals surface area contributed by atoms with Crippen LogP contribution in [0, 0.1) is 36.4 Å². The Balaban J connectivity index is 1.09. The second-order valence-electron chi connectivity index (χ2n) is 22.5. The van der Waals surface area contributed by atoms with Crippen LogP contribution in [-0.2, 0) is 23.8 Å². The molecule has 2 aromatic heterocycles. The number of carboxylic acid groups (broad SMARTS) is 1. The van der Waals surface area contributed by atoms with Crippen molar-refractivity contribution in [3.8, 4) is 17.2 Å². The number of aromatic hydroxyl groups is 1. The molecular weight excluding hydrogens is 1090 g/mol. The molecule has 6 N–H and O–H groups in total. The summed E-state index contributed by atoms with van der Waals surface area (Å²) < 4.78 is 54.5. The van der Waals surface area contributed by atoms with Crippen LogP contribution in [0.4, 0.5) is 21.5 Å². The van der Waals surface area contributed by atoms with E-state index in [2.05, 4.69) is 5.32 Å². The molecule has 444 valence electrons. The number of aromatic nitrogens is 2. The number of hydrogen-bond acceptors (Lipinski definition) is 19. The number of carbonyl (C=O) groups is 3. The third kappa shape index (κ3) is 9.99. The van der Waals surface area contributed by atoms with Gasteiger partial charge in [-0.1, -0.05) is 45.9 Å². The summed E-state index contributed by atoms with van der Waals surface area (Å²) in [5.41, 5.74) is -3.57. The third-order valence-corrected chi connectivity index (χ3v) is 17.0. The van der Waals surface area contributed by atoms with E-state index in [1.165, 1.54) is 84.7 Å². The van der Waals surface area contributed by atoms with Gasteiger partial charge in [0.05, 0.1) is 53.2 Å². The van der Waals surface area contributed by atoms with Crippen molar-refractivity contribution in [3.05, 3.63) is 113 Å². The van der Waals surface area contributed by atoms with Crippen LogP contribution < -0.4 is 46.1 Å². The van der Waals surface area contributed by atoms with Gasteiger partial charge in [-0.3, -0.25) is 24.0 Å². The number of ether oxygens (including phenoxy) is 5. The highest BCUT2D eigenvalue weighted by atomic mass is 19.1. The van der Waals surface area contributed by atoms with E-state index in [-0.39, 0.29) is 104 Å². The summed E-state index contributed by atoms with van der Waals surface area (Å²) in [5.74, 6) is -9.68. The number of aromatic carboxylic acids is 1. The molecule has 5 heterocycles. The number of benzene rings is 4. The first kappa shape index (κ1) is 58.6. The van der Waals surface area contributed by atoms with Crippen molar-refractivity contribution in [2.75, 3.05) is 55.5 Å². The number of fused-ring (bicyclic) bond motifs is 6. The lowest BCUT2D eigenvalue weighted by Crippen LogP contribution is -2.47. The highest BCUT2D eigenvalue weighted by Crippen LogP contribution is 2.46. The molecule has 2 fully saturated rings. The van der Waals surface area contributed by atoms with Crippen molar-refractivity contribution in [2.24, 2.45) is 23.7 Å². The molecule has 22 nitrogen and oxygen atoms in total. The van der Waals surface area contributed by atoms with Crippen molar-refractivity contribution in [1.82, 2.24) is 9.55 Å². The molecule has 1 amide bonds. The van der Waals surface area contributed by atoms with E-state index in [1.807, 2.05) is 4.90 Å². The van der Waals surface area contributed by atoms with E-state index in [9.17, 15) is 49.5 Å². The zero-order valence-corrected chi connectivity index (χ0v) is 47.9. The fourth-order valence-electron chi connectivity index (χ4n) is 12.0. The van der Waals surface area contributed by atoms with Gasteiger partial charge in [0.25, 0.3) is 5.91 Å². The number of aliphatic hydroxyl groups excluding tert-OH is 3. The number of amides is 1. The Morgan fingerprint density at radius 3 is 2.21 bits per heavy atom. The second kappa shape index (κ2) is 22.2. The van der Waals surface area contributed by atoms with Crippen molar-refractivity contribution in [1.29, 1.82) is 0 Å². The minimum Gasteiger partial charge on any atom is -0.507 e. The predicted octanol–water partition coefficient (Wildman–Crippen LogP) is 6.38. The SMILES string of the molecule is COc1c(N2CCN(c3cc(=O)c4nc5c(oc4c3)c3c(=O)c4c(O)c(C)c6c(c45)=C(O)[C@@](C)(OC=C[C@H](OC)[C@@H](C)[C@@H](OC(C)=O)[C@H](C)[C@H](O)[C@H](C)[C@@H](O)[C@@H](C)C=CC=C(C)C(=O)N3)O6)CC2)c(F)cc2c(=O)c(C(=O)O)cn(C3CC3)c12. The average Bonchev–Trinajstić information content (AvgIpc) is 1.42. The summed E-state index contributed by atoms with van der Waals surface area (Å²) in [6.45, 7) is 13.1. The minimum atomic E-state index is -2.06. The third-order valence-electron chi connectivity index (χ3n) is 17.0. The second-order valence-corrected chi connectivity index (χ2v) is 22.5. The molecule has 1 saturated heterocycles. The molecule has 10 rings (SSSR count). The normalized spacial score (nSPS) is 25.3. The maximum absolute atomic E-state index is 16.3. The van der Waals surface area contributed by atoms with Crippen LogP contribution in [0.15, 0.2) is 79.3 Å². The van der Waals surface area contributed by atoms with E-state index in [0.717, 1.165) is 18.9 Å². The molecule has 1 saturated carbocycles. The zero-order chi connectivity index (χ0) is 60.7. The number of halogens is 1. The van der Waals surface area contributed by atoms with Gasteiger partial charge in [0.1, 0.15) is 40.1 Å². The maximum Gasteiger partial charge on any atom is 0.341 e. The Labute approximate surface area is 479 Å². The highest BCUT2D eigenvalue weighted by Gasteiger charge is 2.45. The lowest BCUT2D eigenvalue weighted by Gasteiger charge is -2.38. The molecule has 3 aliphatic heterocycles. The van der Waals surface area contributed by atoms with Gasteiger partial charge < -0.3 is 73.3 Å². The molecule has 84 heavy (non-hydrogen) atoms. The number of methoxy groups -OCH3 is 2. The van der Waals surface area contributed by atoms with E-state index >= 15 is 9.18 Å². The number of nitrogens with one attached hydrogen (secondary N) is 1. The molecule has 0 radical (unpaired) electrons. The van der Waals surface area contributed by atoms with Gasteiger partial charge in [-0.05, 0) is 38.8 Å². The van der Waals surface area contributed by atoms with Crippen molar-refractivity contribution < 1.29 is 72.4 Å². The molecule has 0 spiro atoms. The Bertz CT molecular complexity index is 4090. The van der Waals surface area contributed by atoms with Crippen molar-refractivity contribution >= 4 is 84.5 Å². The number of rotatable bonds is 7. The van der Waals surface area contributed by atoms with Crippen molar-refractivity contribution in [3.63, 3.8) is 0 Å². The lowest BCUT2D eigenvalue weighted by atomic mass is 9.78. The van der Waals surface area contributed by atoms with E-state index < -0.39 is 122 Å². The van der Waals surface area contributed by atoms with Crippen LogP contribution in [0.2, 0.25) is 0 Å². The van der Waals surface area contributed by atoms with Gasteiger partial charge >= 0.3 is 17.7 Å². The molecule has 6 aromatic rings. The van der Waals surface area contributed by atoms with Gasteiger partial charge in [0, 0.05) is 117 Å². The van der Waals surface area contributed by atoms with Gasteiger partial charge in [0.2, 0.25) is 16.3 Å². The molecule has 9 atom stereocenters. The number of hydrogen-bond donors (Lipinski definition) is 6. The van der Waals surface area contributed by atoms with Crippen molar-refractivity contribution in [2.45, 2.75) is 104 Å². The molecular formula is C61H66FN5O17. The van der Waals surface area contributed by atoms with Crippen LogP contribution in [0.5, 0.6) is 17.2 Å². The fraction of sp³-hybridized carbons (Fsp3) is 0.426. The summed E-state index contributed by atoms with van der Waals surface area (Å²) >= 11 is 0. The highest BCUT2D eigenvalue weighted by molar-refractivity contribution is 6.17. The topological polar surface area (TPSA) is 299 Å². The van der Waals surface area contributed by atoms with Gasteiger partial charge in [-0.25, -0.2) is 14.2 Å². The number of carbonyl (C=O) groups excluding carboxylic acids is 2. The molecule has 4 aromatic carbocycles. The Kier molecular flexibility index (Phi) is 15.5. The lowest BCUT2D eigenvalue weighted by molar-refractivity contribution is -0.160. The van der Waals surface area contributed by atoms with Gasteiger partial charge in [-0.2, -0.15) is 0 Å². The fourth-order valence-corrected chi connectivity index (χ4v) is 12.0. The number of allylic oxidation sites excluding steroid dienone is 2. The number of piperazine rings is 1. The molecule has 1 aliphatic carbocycles. The standard InChI is InChI=1S/C61H66FN5O17/c1-26-12-11-13-27(2)59(76)64-46-53(74)42-41(43-55(31(6)51(42)72)84-61(8,58(43)75)81-21-16-39(79-9)28(3)54(82-32(7)68)30(5)50(71)29(4)49(26)70)45-56(46)83-40-23-34(22-38(69)44(40)63-45)65-17-19-66(20-18-65)48-37(62)24-35-47(57(48)80-10)67(33-14-15-33)25-36(52(35)73)60(77)78/h11-13,16,21-26,28-30,33,39,49-50,54,70-72,75H,14-15,17-20H2,1-10H3,(H,64,76)(H,77,78)/t26-,28+,29+,30+,39-,49-,50+,54+,61-/m0/s1. The van der Waals surface area contributed by atoms with Gasteiger partial charge in [0.15, 0.2) is 34.0 Å². The predicted molar refractivity (Wildman–Crippen MR) is 309 cm³/mol. The summed E-state index contributed by atoms with van der Waals surface area (Å²) in [5, 5.41) is 59.1. The number of pyridine rings is 1. The molecule has 4 aliphatic rings. The number of phenols is 1. The van der Waals surface area contributed by atoms with Gasteiger partial charge in [-0.15, -0.1) is 0 Å². The first-order valence-corrected chi connectivity index (χ1v) is 27.6. The van der Waals surface area contributed by atoms with Crippen LogP contribution in [-0.4, -0.2) is 124 Å². The molecule has 0 unspecified atom stereocenters. The molecule has 5 bridgehead atoms. The van der Waals surface area contributed by atoms with Crippen LogP contribution in [0.3, 0.4) is 0 Å². The van der Waals surface area contributed by atoms with Crippen LogP contribution in [0.25, 0.3) is 49.6 Å².